The lowest BCUT2D eigenvalue weighted by Crippen LogP contribution is -2.45. The van der Waals surface area contributed by atoms with Crippen LogP contribution in [0, 0.1) is 19.8 Å². The molecule has 2 atom stereocenters. The number of aliphatic imine (C=N–C) groups is 1. The van der Waals surface area contributed by atoms with Crippen molar-refractivity contribution in [2.75, 3.05) is 38.7 Å². The van der Waals surface area contributed by atoms with Crippen LogP contribution in [0.4, 0.5) is 5.69 Å². The molecular formula is C23H37IN6O. The van der Waals surface area contributed by atoms with Crippen molar-refractivity contribution in [2.24, 2.45) is 18.0 Å². The highest BCUT2D eigenvalue weighted by Crippen LogP contribution is 2.31. The number of guanidine groups is 1. The van der Waals surface area contributed by atoms with E-state index in [0.717, 1.165) is 49.9 Å². The Kier molecular flexibility index (Phi) is 9.46. The molecule has 1 aliphatic rings. The minimum Gasteiger partial charge on any atom is -0.495 e. The number of nitrogens with zero attached hydrogens (tertiary/aromatic N) is 4. The van der Waals surface area contributed by atoms with E-state index in [-0.39, 0.29) is 30.0 Å². The van der Waals surface area contributed by atoms with E-state index >= 15 is 0 Å². The van der Waals surface area contributed by atoms with Crippen molar-refractivity contribution < 1.29 is 4.74 Å². The van der Waals surface area contributed by atoms with Crippen molar-refractivity contribution in [3.63, 3.8) is 0 Å². The molecule has 0 spiro atoms. The molecule has 1 aliphatic heterocycles. The van der Waals surface area contributed by atoms with Crippen LogP contribution < -0.4 is 20.3 Å². The summed E-state index contributed by atoms with van der Waals surface area (Å²) in [4.78, 5) is 6.84. The SMILES string of the molecule is CN=C(NCC1CCN(c2ccccc2OC)C1)NC(C)Cc1c(C)nn(C)c1C.I. The van der Waals surface area contributed by atoms with E-state index in [4.69, 9.17) is 4.74 Å². The molecule has 1 aromatic heterocycles. The number of nitrogens with one attached hydrogen (secondary N) is 2. The number of para-hydroxylation sites is 2. The van der Waals surface area contributed by atoms with E-state index in [1.807, 2.05) is 30.9 Å². The Bertz CT molecular complexity index is 881. The molecular weight excluding hydrogens is 503 g/mol. The molecule has 0 saturated carbocycles. The number of hydrogen-bond donors (Lipinski definition) is 2. The van der Waals surface area contributed by atoms with Gasteiger partial charge in [-0.2, -0.15) is 5.10 Å². The van der Waals surface area contributed by atoms with Gasteiger partial charge in [-0.1, -0.05) is 12.1 Å². The number of aryl methyl sites for hydroxylation is 2. The van der Waals surface area contributed by atoms with Crippen LogP contribution >= 0.6 is 24.0 Å². The van der Waals surface area contributed by atoms with Gasteiger partial charge in [-0.25, -0.2) is 0 Å². The van der Waals surface area contributed by atoms with Gasteiger partial charge in [0.2, 0.25) is 0 Å². The number of anilines is 1. The van der Waals surface area contributed by atoms with Gasteiger partial charge in [0.05, 0.1) is 18.5 Å². The molecule has 3 rings (SSSR count). The molecule has 0 amide bonds. The Labute approximate surface area is 203 Å². The standard InChI is InChI=1S/C23H36N6O.HI/c1-16(13-20-17(2)27-28(5)18(20)3)26-23(24-4)25-14-19-11-12-29(15-19)21-9-7-8-10-22(21)30-6;/h7-10,16,19H,11-15H2,1-6H3,(H2,24,25,26);1H. The van der Waals surface area contributed by atoms with Crippen LogP contribution in [0.1, 0.15) is 30.3 Å². The highest BCUT2D eigenvalue weighted by atomic mass is 127. The molecule has 8 heteroatoms. The number of rotatable bonds is 7. The first-order valence-corrected chi connectivity index (χ1v) is 10.8. The van der Waals surface area contributed by atoms with E-state index in [9.17, 15) is 0 Å². The summed E-state index contributed by atoms with van der Waals surface area (Å²) in [6.07, 6.45) is 2.09. The molecule has 0 aliphatic carbocycles. The van der Waals surface area contributed by atoms with Gasteiger partial charge in [0.1, 0.15) is 5.75 Å². The van der Waals surface area contributed by atoms with Crippen LogP contribution in [0.2, 0.25) is 0 Å². The maximum absolute atomic E-state index is 5.53. The maximum Gasteiger partial charge on any atom is 0.191 e. The molecule has 2 aromatic rings. The van der Waals surface area contributed by atoms with Gasteiger partial charge in [0.25, 0.3) is 0 Å². The fourth-order valence-corrected chi connectivity index (χ4v) is 4.25. The molecule has 31 heavy (non-hydrogen) atoms. The molecule has 2 heterocycles. The average Bonchev–Trinajstić information content (AvgIpc) is 3.31. The number of ether oxygens (including phenoxy) is 1. The van der Waals surface area contributed by atoms with Crippen molar-refractivity contribution in [2.45, 2.75) is 39.7 Å². The van der Waals surface area contributed by atoms with Crippen molar-refractivity contribution in [3.05, 3.63) is 41.2 Å². The van der Waals surface area contributed by atoms with Crippen molar-refractivity contribution in [3.8, 4) is 5.75 Å². The Morgan fingerprint density at radius 3 is 2.71 bits per heavy atom. The lowest BCUT2D eigenvalue weighted by Gasteiger charge is -2.22. The third kappa shape index (κ3) is 6.27. The topological polar surface area (TPSA) is 66.7 Å². The smallest absolute Gasteiger partial charge is 0.191 e. The fraction of sp³-hybridized carbons (Fsp3) is 0.565. The second-order valence-electron chi connectivity index (χ2n) is 8.25. The molecule has 1 saturated heterocycles. The summed E-state index contributed by atoms with van der Waals surface area (Å²) < 4.78 is 7.48. The zero-order valence-electron chi connectivity index (χ0n) is 19.6. The van der Waals surface area contributed by atoms with Gasteiger partial charge in [0, 0.05) is 45.5 Å². The van der Waals surface area contributed by atoms with Crippen molar-refractivity contribution in [1.29, 1.82) is 0 Å². The first kappa shape index (κ1) is 25.3. The van der Waals surface area contributed by atoms with E-state index in [1.165, 1.54) is 16.9 Å². The second-order valence-corrected chi connectivity index (χ2v) is 8.25. The second kappa shape index (κ2) is 11.6. The van der Waals surface area contributed by atoms with Crippen LogP contribution in [0.25, 0.3) is 0 Å². The molecule has 1 aromatic carbocycles. The molecule has 0 radical (unpaired) electrons. The number of methoxy groups -OCH3 is 1. The highest BCUT2D eigenvalue weighted by molar-refractivity contribution is 14.0. The zero-order chi connectivity index (χ0) is 21.7. The van der Waals surface area contributed by atoms with E-state index in [1.54, 1.807) is 7.11 Å². The van der Waals surface area contributed by atoms with Gasteiger partial charge in [0.15, 0.2) is 5.96 Å². The summed E-state index contributed by atoms with van der Waals surface area (Å²) in [5.74, 6) is 2.38. The Balaban J connectivity index is 0.00000341. The van der Waals surface area contributed by atoms with Crippen LogP contribution in [-0.4, -0.2) is 55.6 Å². The normalized spacial score (nSPS) is 17.3. The molecule has 2 unspecified atom stereocenters. The lowest BCUT2D eigenvalue weighted by atomic mass is 10.1. The van der Waals surface area contributed by atoms with Gasteiger partial charge >= 0.3 is 0 Å². The van der Waals surface area contributed by atoms with Crippen LogP contribution in [0.5, 0.6) is 5.75 Å². The Morgan fingerprint density at radius 2 is 2.06 bits per heavy atom. The molecule has 2 N–H and O–H groups in total. The predicted octanol–water partition coefficient (Wildman–Crippen LogP) is 3.29. The van der Waals surface area contributed by atoms with Crippen LogP contribution in [-0.2, 0) is 13.5 Å². The molecule has 7 nitrogen and oxygen atoms in total. The van der Waals surface area contributed by atoms with Gasteiger partial charge in [-0.05, 0) is 57.2 Å². The summed E-state index contributed by atoms with van der Waals surface area (Å²) in [7, 11) is 5.57. The predicted molar refractivity (Wildman–Crippen MR) is 139 cm³/mol. The summed E-state index contributed by atoms with van der Waals surface area (Å²) in [6.45, 7) is 9.38. The third-order valence-corrected chi connectivity index (χ3v) is 6.05. The summed E-state index contributed by atoms with van der Waals surface area (Å²) in [6, 6.07) is 8.52. The average molecular weight is 540 g/mol. The van der Waals surface area contributed by atoms with E-state index in [0.29, 0.717) is 5.92 Å². The zero-order valence-corrected chi connectivity index (χ0v) is 21.9. The third-order valence-electron chi connectivity index (χ3n) is 6.05. The number of halogens is 1. The molecule has 1 fully saturated rings. The summed E-state index contributed by atoms with van der Waals surface area (Å²) in [5, 5.41) is 11.6. The number of benzene rings is 1. The fourth-order valence-electron chi connectivity index (χ4n) is 4.25. The number of hydrogen-bond acceptors (Lipinski definition) is 4. The van der Waals surface area contributed by atoms with Gasteiger partial charge in [-0.15, -0.1) is 24.0 Å². The maximum atomic E-state index is 5.53. The number of aromatic nitrogens is 2. The summed E-state index contributed by atoms with van der Waals surface area (Å²) in [5.41, 5.74) is 4.83. The van der Waals surface area contributed by atoms with Crippen LogP contribution in [0.3, 0.4) is 0 Å². The Morgan fingerprint density at radius 1 is 1.32 bits per heavy atom. The minimum absolute atomic E-state index is 0. The van der Waals surface area contributed by atoms with Gasteiger partial charge < -0.3 is 20.3 Å². The lowest BCUT2D eigenvalue weighted by molar-refractivity contribution is 0.414. The van der Waals surface area contributed by atoms with Gasteiger partial charge in [-0.3, -0.25) is 9.67 Å². The highest BCUT2D eigenvalue weighted by Gasteiger charge is 2.25. The molecule has 0 bridgehead atoms. The molecule has 172 valence electrons. The van der Waals surface area contributed by atoms with Crippen molar-refractivity contribution in [1.82, 2.24) is 20.4 Å². The quantitative estimate of drug-likeness (QED) is 0.321. The largest absolute Gasteiger partial charge is 0.495 e. The summed E-state index contributed by atoms with van der Waals surface area (Å²) >= 11 is 0. The van der Waals surface area contributed by atoms with Crippen molar-refractivity contribution >= 4 is 35.6 Å². The first-order valence-electron chi connectivity index (χ1n) is 10.8. The minimum atomic E-state index is 0. The van der Waals surface area contributed by atoms with E-state index < -0.39 is 0 Å². The first-order chi connectivity index (χ1) is 14.4. The van der Waals surface area contributed by atoms with E-state index in [2.05, 4.69) is 58.5 Å². The monoisotopic (exact) mass is 540 g/mol. The Hall–Kier alpha value is -1.97. The van der Waals surface area contributed by atoms with Crippen LogP contribution in [0.15, 0.2) is 29.3 Å².